The quantitative estimate of drug-likeness (QED) is 0.584. The minimum Gasteiger partial charge on any atom is -0.340 e. The molecular formula is C18H18Cl2N4O2. The summed E-state index contributed by atoms with van der Waals surface area (Å²) < 4.78 is 0. The number of rotatable bonds is 6. The Hall–Kier alpha value is -2.44. The highest BCUT2D eigenvalue weighted by molar-refractivity contribution is 6.42. The fourth-order valence-corrected chi connectivity index (χ4v) is 2.38. The van der Waals surface area contributed by atoms with Gasteiger partial charge in [-0.05, 0) is 41.8 Å². The molecule has 26 heavy (non-hydrogen) atoms. The number of nitrogens with one attached hydrogen (secondary N) is 2. The third-order valence-electron chi connectivity index (χ3n) is 3.51. The van der Waals surface area contributed by atoms with Crippen LogP contribution in [-0.2, 0) is 4.79 Å². The summed E-state index contributed by atoms with van der Waals surface area (Å²) in [5.74, 6) is -0.980. The highest BCUT2D eigenvalue weighted by Gasteiger charge is 2.24. The van der Waals surface area contributed by atoms with Gasteiger partial charge in [-0.25, -0.2) is 5.43 Å². The molecule has 1 atom stereocenters. The first-order chi connectivity index (χ1) is 12.4. The number of aromatic nitrogens is 1. The first-order valence-corrected chi connectivity index (χ1v) is 8.63. The fourth-order valence-electron chi connectivity index (χ4n) is 2.09. The van der Waals surface area contributed by atoms with Crippen LogP contribution in [-0.4, -0.2) is 29.1 Å². The Kier molecular flexibility index (Phi) is 7.12. The zero-order valence-electron chi connectivity index (χ0n) is 14.2. The normalized spacial score (nSPS) is 12.2. The molecule has 2 N–H and O–H groups in total. The second-order valence-electron chi connectivity index (χ2n) is 5.84. The van der Waals surface area contributed by atoms with Crippen LogP contribution in [0.5, 0.6) is 0 Å². The van der Waals surface area contributed by atoms with E-state index >= 15 is 0 Å². The number of hydrogen-bond donors (Lipinski definition) is 2. The van der Waals surface area contributed by atoms with E-state index in [1.165, 1.54) is 18.3 Å². The van der Waals surface area contributed by atoms with Crippen LogP contribution in [0.2, 0.25) is 10.0 Å². The van der Waals surface area contributed by atoms with Crippen molar-refractivity contribution in [3.8, 4) is 0 Å². The summed E-state index contributed by atoms with van der Waals surface area (Å²) in [5.41, 5.74) is 3.55. The zero-order chi connectivity index (χ0) is 19.1. The van der Waals surface area contributed by atoms with Crippen LogP contribution in [0.4, 0.5) is 0 Å². The minimum atomic E-state index is -0.758. The monoisotopic (exact) mass is 392 g/mol. The van der Waals surface area contributed by atoms with E-state index in [1.807, 2.05) is 13.8 Å². The third kappa shape index (κ3) is 5.54. The molecule has 2 amide bonds. The number of hydrogen-bond acceptors (Lipinski definition) is 4. The molecule has 0 aliphatic heterocycles. The number of halogens is 2. The van der Waals surface area contributed by atoms with Gasteiger partial charge in [-0.2, -0.15) is 5.10 Å². The number of amides is 2. The molecule has 1 unspecified atom stereocenters. The van der Waals surface area contributed by atoms with E-state index in [4.69, 9.17) is 23.2 Å². The summed E-state index contributed by atoms with van der Waals surface area (Å²) in [6, 6.07) is 7.27. The van der Waals surface area contributed by atoms with Crippen LogP contribution < -0.4 is 10.7 Å². The average Bonchev–Trinajstić information content (AvgIpc) is 2.62. The van der Waals surface area contributed by atoms with Gasteiger partial charge in [-0.15, -0.1) is 0 Å². The molecule has 1 aromatic carbocycles. The molecule has 2 aromatic rings. The molecule has 0 fully saturated rings. The van der Waals surface area contributed by atoms with Crippen molar-refractivity contribution < 1.29 is 9.59 Å². The highest BCUT2D eigenvalue weighted by Crippen LogP contribution is 2.22. The number of carbonyl (C=O) groups excluding carboxylic acids is 2. The summed E-state index contributed by atoms with van der Waals surface area (Å²) in [6.45, 7) is 3.65. The fraction of sp³-hybridized carbons (Fsp3) is 0.222. The third-order valence-corrected chi connectivity index (χ3v) is 4.25. The molecule has 1 heterocycles. The lowest BCUT2D eigenvalue weighted by Gasteiger charge is -2.20. The van der Waals surface area contributed by atoms with Gasteiger partial charge in [0, 0.05) is 18.0 Å². The lowest BCUT2D eigenvalue weighted by atomic mass is 10.0. The van der Waals surface area contributed by atoms with E-state index in [1.54, 1.807) is 30.6 Å². The Morgan fingerprint density at radius 3 is 2.42 bits per heavy atom. The smallest absolute Gasteiger partial charge is 0.262 e. The van der Waals surface area contributed by atoms with Crippen LogP contribution in [0.3, 0.4) is 0 Å². The maximum Gasteiger partial charge on any atom is 0.262 e. The molecule has 0 spiro atoms. The molecule has 0 aliphatic rings. The van der Waals surface area contributed by atoms with Crippen molar-refractivity contribution >= 4 is 41.2 Å². The van der Waals surface area contributed by atoms with Crippen molar-refractivity contribution in [2.24, 2.45) is 11.0 Å². The van der Waals surface area contributed by atoms with E-state index in [0.717, 1.165) is 5.56 Å². The number of benzene rings is 1. The summed E-state index contributed by atoms with van der Waals surface area (Å²) >= 11 is 11.8. The van der Waals surface area contributed by atoms with Crippen molar-refractivity contribution in [3.63, 3.8) is 0 Å². The van der Waals surface area contributed by atoms with Crippen molar-refractivity contribution in [2.75, 3.05) is 0 Å². The van der Waals surface area contributed by atoms with Gasteiger partial charge in [0.2, 0.25) is 0 Å². The molecular weight excluding hydrogens is 375 g/mol. The van der Waals surface area contributed by atoms with E-state index < -0.39 is 17.9 Å². The van der Waals surface area contributed by atoms with E-state index in [-0.39, 0.29) is 10.9 Å². The number of nitrogens with zero attached hydrogens (tertiary/aromatic N) is 2. The van der Waals surface area contributed by atoms with Crippen LogP contribution >= 0.6 is 23.2 Å². The molecule has 0 aliphatic carbocycles. The molecule has 136 valence electrons. The van der Waals surface area contributed by atoms with Gasteiger partial charge in [-0.1, -0.05) is 37.0 Å². The Bertz CT molecular complexity index is 810. The summed E-state index contributed by atoms with van der Waals surface area (Å²) in [4.78, 5) is 28.6. The number of hydrazone groups is 1. The number of pyridine rings is 1. The van der Waals surface area contributed by atoms with E-state index in [0.29, 0.717) is 10.6 Å². The van der Waals surface area contributed by atoms with Gasteiger partial charge in [0.15, 0.2) is 0 Å². The molecule has 1 aromatic heterocycles. The standard InChI is InChI=1S/C18H18Cl2N4O2/c1-11(2)16(18(26)24-22-10-12-5-7-21-8-6-12)23-17(25)13-3-4-14(19)15(20)9-13/h3-11,16H,1-2H3,(H,23,25)(H,24,26). The molecule has 0 radical (unpaired) electrons. The Morgan fingerprint density at radius 1 is 1.12 bits per heavy atom. The minimum absolute atomic E-state index is 0.141. The van der Waals surface area contributed by atoms with Gasteiger partial charge >= 0.3 is 0 Å². The summed E-state index contributed by atoms with van der Waals surface area (Å²) in [5, 5.41) is 7.22. The second-order valence-corrected chi connectivity index (χ2v) is 6.65. The second kappa shape index (κ2) is 9.31. The van der Waals surface area contributed by atoms with Crippen molar-refractivity contribution in [1.29, 1.82) is 0 Å². The first-order valence-electron chi connectivity index (χ1n) is 7.87. The maximum atomic E-state index is 12.4. The van der Waals surface area contributed by atoms with Crippen LogP contribution in [0, 0.1) is 5.92 Å². The highest BCUT2D eigenvalue weighted by atomic mass is 35.5. The molecule has 6 nitrogen and oxygen atoms in total. The molecule has 0 saturated heterocycles. The van der Waals surface area contributed by atoms with Crippen LogP contribution in [0.25, 0.3) is 0 Å². The zero-order valence-corrected chi connectivity index (χ0v) is 15.8. The summed E-state index contributed by atoms with van der Waals surface area (Å²) in [6.07, 6.45) is 4.74. The van der Waals surface area contributed by atoms with E-state index in [9.17, 15) is 9.59 Å². The lowest BCUT2D eigenvalue weighted by Crippen LogP contribution is -2.48. The topological polar surface area (TPSA) is 83.5 Å². The van der Waals surface area contributed by atoms with Crippen LogP contribution in [0.15, 0.2) is 47.8 Å². The molecule has 8 heteroatoms. The van der Waals surface area contributed by atoms with E-state index in [2.05, 4.69) is 20.8 Å². The number of carbonyl (C=O) groups is 2. The first kappa shape index (κ1) is 19.9. The predicted octanol–water partition coefficient (Wildman–Crippen LogP) is 3.29. The largest absolute Gasteiger partial charge is 0.340 e. The van der Waals surface area contributed by atoms with Crippen LogP contribution in [0.1, 0.15) is 29.8 Å². The van der Waals surface area contributed by atoms with Gasteiger partial charge in [0.1, 0.15) is 6.04 Å². The molecule has 0 bridgehead atoms. The van der Waals surface area contributed by atoms with Crippen molar-refractivity contribution in [1.82, 2.24) is 15.7 Å². The van der Waals surface area contributed by atoms with Gasteiger partial charge < -0.3 is 5.32 Å². The molecule has 0 saturated carbocycles. The Labute approximate surface area is 161 Å². The van der Waals surface area contributed by atoms with Crippen molar-refractivity contribution in [2.45, 2.75) is 19.9 Å². The lowest BCUT2D eigenvalue weighted by molar-refractivity contribution is -0.123. The van der Waals surface area contributed by atoms with Crippen molar-refractivity contribution in [3.05, 3.63) is 63.9 Å². The maximum absolute atomic E-state index is 12.4. The summed E-state index contributed by atoms with van der Waals surface area (Å²) in [7, 11) is 0. The Morgan fingerprint density at radius 2 is 1.81 bits per heavy atom. The Balaban J connectivity index is 2.03. The predicted molar refractivity (Wildman–Crippen MR) is 103 cm³/mol. The van der Waals surface area contributed by atoms with Gasteiger partial charge in [-0.3, -0.25) is 14.6 Å². The molecule has 2 rings (SSSR count). The van der Waals surface area contributed by atoms with Gasteiger partial charge in [0.05, 0.1) is 16.3 Å². The van der Waals surface area contributed by atoms with Gasteiger partial charge in [0.25, 0.3) is 11.8 Å². The SMILES string of the molecule is CC(C)C(NC(=O)c1ccc(Cl)c(Cl)c1)C(=O)NN=Cc1ccncc1. The average molecular weight is 393 g/mol.